The number of carbonyl (C=O) groups is 1. The Morgan fingerprint density at radius 2 is 2.00 bits per heavy atom. The van der Waals surface area contributed by atoms with Crippen LogP contribution in [0, 0.1) is 6.92 Å². The second kappa shape index (κ2) is 8.22. The first kappa shape index (κ1) is 19.6. The fourth-order valence-corrected chi connectivity index (χ4v) is 4.23. The van der Waals surface area contributed by atoms with Gasteiger partial charge in [-0.2, -0.15) is 0 Å². The van der Waals surface area contributed by atoms with Crippen LogP contribution in [0.3, 0.4) is 0 Å². The maximum absolute atomic E-state index is 12.6. The topological polar surface area (TPSA) is 72.7 Å². The number of carbonyl (C=O) groups excluding carboxylic acids is 1. The summed E-state index contributed by atoms with van der Waals surface area (Å²) in [5.74, 6) is 0.201. The van der Waals surface area contributed by atoms with E-state index in [0.717, 1.165) is 10.4 Å². The molecule has 1 unspecified atom stereocenters. The lowest BCUT2D eigenvalue weighted by molar-refractivity contribution is -0.119. The highest BCUT2D eigenvalue weighted by Crippen LogP contribution is 2.27. The van der Waals surface area contributed by atoms with Crippen molar-refractivity contribution in [3.05, 3.63) is 57.8 Å². The second-order valence-electron chi connectivity index (χ2n) is 7.26. The molecule has 0 radical (unpaired) electrons. The van der Waals surface area contributed by atoms with Gasteiger partial charge in [-0.15, -0.1) is 16.4 Å². The van der Waals surface area contributed by atoms with Crippen LogP contribution in [0.4, 0.5) is 0 Å². The van der Waals surface area contributed by atoms with Crippen LogP contribution in [0.2, 0.25) is 0 Å². The molecule has 1 atom stereocenters. The largest absolute Gasteiger partial charge is 0.344 e. The third kappa shape index (κ3) is 4.95. The van der Waals surface area contributed by atoms with E-state index in [2.05, 4.69) is 52.0 Å². The third-order valence-corrected chi connectivity index (χ3v) is 5.81. The van der Waals surface area contributed by atoms with Crippen LogP contribution < -0.4 is 5.32 Å². The summed E-state index contributed by atoms with van der Waals surface area (Å²) in [5.41, 5.74) is 2.03. The van der Waals surface area contributed by atoms with E-state index in [-0.39, 0.29) is 23.2 Å². The molecule has 1 aromatic carbocycles. The van der Waals surface area contributed by atoms with Crippen molar-refractivity contribution in [2.45, 2.75) is 44.4 Å². The molecule has 2 aromatic heterocycles. The predicted molar refractivity (Wildman–Crippen MR) is 109 cm³/mol. The molecule has 0 aliphatic rings. The van der Waals surface area contributed by atoms with Gasteiger partial charge in [-0.3, -0.25) is 4.79 Å². The highest BCUT2D eigenvalue weighted by atomic mass is 32.2. The summed E-state index contributed by atoms with van der Waals surface area (Å²) in [4.78, 5) is 13.7. The quantitative estimate of drug-likeness (QED) is 0.636. The lowest BCUT2D eigenvalue weighted by Gasteiger charge is -2.20. The molecule has 3 aromatic rings. The number of nitrogens with one attached hydrogen (secondary N) is 1. The van der Waals surface area contributed by atoms with E-state index >= 15 is 0 Å². The number of rotatable bonds is 6. The Hall–Kier alpha value is -2.19. The fraction of sp³-hybridized carbons (Fsp3) is 0.368. The zero-order valence-corrected chi connectivity index (χ0v) is 17.5. The summed E-state index contributed by atoms with van der Waals surface area (Å²) < 4.78 is 1.74. The molecule has 1 amide bonds. The van der Waals surface area contributed by atoms with Crippen LogP contribution in [-0.4, -0.2) is 31.9 Å². The summed E-state index contributed by atoms with van der Waals surface area (Å²) in [6.07, 6.45) is 0. The van der Waals surface area contributed by atoms with Crippen LogP contribution >= 0.6 is 23.1 Å². The molecule has 0 bridgehead atoms. The fourth-order valence-electron chi connectivity index (χ4n) is 2.56. The number of aromatic nitrogens is 4. The number of benzene rings is 1. The van der Waals surface area contributed by atoms with Crippen molar-refractivity contribution in [1.82, 2.24) is 25.5 Å². The van der Waals surface area contributed by atoms with Crippen LogP contribution in [-0.2, 0) is 10.3 Å². The van der Waals surface area contributed by atoms with Crippen molar-refractivity contribution in [3.8, 4) is 0 Å². The zero-order chi connectivity index (χ0) is 19.4. The first-order valence-corrected chi connectivity index (χ1v) is 10.5. The van der Waals surface area contributed by atoms with Crippen LogP contribution in [0.1, 0.15) is 42.8 Å². The maximum Gasteiger partial charge on any atom is 0.231 e. The Kier molecular flexibility index (Phi) is 5.96. The normalized spacial score (nSPS) is 12.7. The Balaban J connectivity index is 1.70. The molecule has 1 N–H and O–H groups in total. The Morgan fingerprint density at radius 1 is 1.26 bits per heavy atom. The lowest BCUT2D eigenvalue weighted by Crippen LogP contribution is -2.30. The standard InChI is InChI=1S/C19H23N5OS2/c1-13-7-9-14(10-8-13)17(15-6-5-11-26-15)20-16(25)12-27-18-21-22-23-24(18)19(2,3)4/h5-11,17H,12H2,1-4H3,(H,20,25). The first-order chi connectivity index (χ1) is 12.8. The average Bonchev–Trinajstić information content (AvgIpc) is 3.30. The van der Waals surface area contributed by atoms with E-state index in [0.29, 0.717) is 5.16 Å². The number of tetrazole rings is 1. The Bertz CT molecular complexity index is 882. The van der Waals surface area contributed by atoms with Gasteiger partial charge in [-0.05, 0) is 55.1 Å². The highest BCUT2D eigenvalue weighted by molar-refractivity contribution is 7.99. The molecule has 0 aliphatic heterocycles. The molecule has 27 heavy (non-hydrogen) atoms. The van der Waals surface area contributed by atoms with Gasteiger partial charge in [0.05, 0.1) is 17.3 Å². The van der Waals surface area contributed by atoms with Gasteiger partial charge < -0.3 is 5.32 Å². The van der Waals surface area contributed by atoms with Gasteiger partial charge in [0.2, 0.25) is 11.1 Å². The van der Waals surface area contributed by atoms with Gasteiger partial charge in [0.1, 0.15) is 0 Å². The molecule has 0 spiro atoms. The smallest absolute Gasteiger partial charge is 0.231 e. The van der Waals surface area contributed by atoms with E-state index in [1.54, 1.807) is 16.0 Å². The van der Waals surface area contributed by atoms with Gasteiger partial charge in [0.25, 0.3) is 0 Å². The molecular weight excluding hydrogens is 378 g/mol. The number of hydrogen-bond donors (Lipinski definition) is 1. The van der Waals surface area contributed by atoms with E-state index in [1.165, 1.54) is 17.3 Å². The number of thioether (sulfide) groups is 1. The Labute approximate surface area is 167 Å². The first-order valence-electron chi connectivity index (χ1n) is 8.65. The molecule has 6 nitrogen and oxygen atoms in total. The summed E-state index contributed by atoms with van der Waals surface area (Å²) in [7, 11) is 0. The average molecular weight is 402 g/mol. The number of aryl methyl sites for hydroxylation is 1. The molecule has 0 saturated heterocycles. The molecule has 8 heteroatoms. The maximum atomic E-state index is 12.6. The predicted octanol–water partition coefficient (Wildman–Crippen LogP) is 3.80. The van der Waals surface area contributed by atoms with Crippen molar-refractivity contribution < 1.29 is 4.79 Å². The summed E-state index contributed by atoms with van der Waals surface area (Å²) in [6, 6.07) is 12.1. The van der Waals surface area contributed by atoms with Crippen molar-refractivity contribution in [1.29, 1.82) is 0 Å². The van der Waals surface area contributed by atoms with Gasteiger partial charge >= 0.3 is 0 Å². The Morgan fingerprint density at radius 3 is 2.63 bits per heavy atom. The summed E-state index contributed by atoms with van der Waals surface area (Å²) in [6.45, 7) is 8.13. The van der Waals surface area contributed by atoms with Gasteiger partial charge in [-0.25, -0.2) is 4.68 Å². The number of amides is 1. The van der Waals surface area contributed by atoms with Crippen molar-refractivity contribution in [3.63, 3.8) is 0 Å². The monoisotopic (exact) mass is 401 g/mol. The van der Waals surface area contributed by atoms with Crippen LogP contribution in [0.25, 0.3) is 0 Å². The summed E-state index contributed by atoms with van der Waals surface area (Å²) in [5, 5.41) is 17.6. The highest BCUT2D eigenvalue weighted by Gasteiger charge is 2.22. The number of nitrogens with zero attached hydrogens (tertiary/aromatic N) is 4. The van der Waals surface area contributed by atoms with Gasteiger partial charge in [-0.1, -0.05) is 47.7 Å². The lowest BCUT2D eigenvalue weighted by atomic mass is 10.0. The van der Waals surface area contributed by atoms with Crippen molar-refractivity contribution in [2.75, 3.05) is 5.75 Å². The van der Waals surface area contributed by atoms with E-state index < -0.39 is 0 Å². The van der Waals surface area contributed by atoms with Crippen molar-refractivity contribution >= 4 is 29.0 Å². The molecule has 142 valence electrons. The minimum atomic E-state index is -0.232. The van der Waals surface area contributed by atoms with E-state index in [9.17, 15) is 4.79 Å². The minimum Gasteiger partial charge on any atom is -0.344 e. The molecule has 3 rings (SSSR count). The summed E-state index contributed by atoms with van der Waals surface area (Å²) >= 11 is 2.98. The van der Waals surface area contributed by atoms with Crippen molar-refractivity contribution in [2.24, 2.45) is 0 Å². The number of hydrogen-bond acceptors (Lipinski definition) is 6. The molecule has 0 aliphatic carbocycles. The van der Waals surface area contributed by atoms with Crippen LogP contribution in [0.5, 0.6) is 0 Å². The van der Waals surface area contributed by atoms with Gasteiger partial charge in [0, 0.05) is 4.88 Å². The number of thiophene rings is 1. The van der Waals surface area contributed by atoms with E-state index in [4.69, 9.17) is 0 Å². The SMILES string of the molecule is Cc1ccc(C(NC(=O)CSc2nnnn2C(C)(C)C)c2cccs2)cc1. The molecule has 0 saturated carbocycles. The van der Waals surface area contributed by atoms with Crippen LogP contribution in [0.15, 0.2) is 46.9 Å². The van der Waals surface area contributed by atoms with E-state index in [1.807, 2.05) is 38.3 Å². The minimum absolute atomic E-state index is 0.0533. The van der Waals surface area contributed by atoms with Gasteiger partial charge in [0.15, 0.2) is 0 Å². The molecular formula is C19H23N5OS2. The second-order valence-corrected chi connectivity index (χ2v) is 9.18. The zero-order valence-electron chi connectivity index (χ0n) is 15.8. The molecule has 2 heterocycles. The molecule has 0 fully saturated rings. The third-order valence-electron chi connectivity index (χ3n) is 3.95.